The van der Waals surface area contributed by atoms with Gasteiger partial charge in [0.15, 0.2) is 0 Å². The van der Waals surface area contributed by atoms with E-state index in [0.717, 1.165) is 12.8 Å². The fourth-order valence-electron chi connectivity index (χ4n) is 1.94. The first-order chi connectivity index (χ1) is 7.13. The second kappa shape index (κ2) is 9.17. The molecule has 2 nitrogen and oxygen atoms in total. The number of hydrogen-bond acceptors (Lipinski definition) is 2. The summed E-state index contributed by atoms with van der Waals surface area (Å²) in [5.74, 6) is 0.684. The highest BCUT2D eigenvalue weighted by Crippen LogP contribution is 2.20. The third-order valence-electron chi connectivity index (χ3n) is 3.16. The van der Waals surface area contributed by atoms with Gasteiger partial charge in [0.2, 0.25) is 0 Å². The molecule has 0 amide bonds. The Hall–Kier alpha value is -0.0800. The molecule has 0 bridgehead atoms. The van der Waals surface area contributed by atoms with Gasteiger partial charge in [0.1, 0.15) is 0 Å². The van der Waals surface area contributed by atoms with E-state index < -0.39 is 0 Å². The molecule has 0 radical (unpaired) electrons. The molecule has 0 aromatic heterocycles. The number of methoxy groups -OCH3 is 1. The third kappa shape index (κ3) is 7.80. The predicted octanol–water partition coefficient (Wildman–Crippen LogP) is 3.38. The zero-order chi connectivity index (χ0) is 11.7. The lowest BCUT2D eigenvalue weighted by molar-refractivity contribution is 0.0444. The first kappa shape index (κ1) is 14.9. The van der Waals surface area contributed by atoms with Crippen LogP contribution in [-0.4, -0.2) is 24.4 Å². The number of ether oxygens (including phenoxy) is 1. The highest BCUT2D eigenvalue weighted by atomic mass is 16.5. The Morgan fingerprint density at radius 3 is 2.33 bits per heavy atom. The van der Waals surface area contributed by atoms with E-state index in [0.29, 0.717) is 5.92 Å². The Bertz CT molecular complexity index is 136. The second-order valence-electron chi connectivity index (χ2n) is 4.59. The van der Waals surface area contributed by atoms with Gasteiger partial charge in [0, 0.05) is 7.11 Å². The summed E-state index contributed by atoms with van der Waals surface area (Å²) in [5.41, 5.74) is 0. The molecule has 0 spiro atoms. The minimum Gasteiger partial charge on any atom is -0.393 e. The molecular formula is C13H28O2. The Morgan fingerprint density at radius 1 is 1.20 bits per heavy atom. The smallest absolute Gasteiger partial charge is 0.0567 e. The summed E-state index contributed by atoms with van der Waals surface area (Å²) in [6.45, 7) is 6.44. The van der Waals surface area contributed by atoms with Gasteiger partial charge < -0.3 is 9.84 Å². The predicted molar refractivity (Wildman–Crippen MR) is 65.0 cm³/mol. The van der Waals surface area contributed by atoms with Crippen LogP contribution in [0.25, 0.3) is 0 Å². The van der Waals surface area contributed by atoms with Crippen molar-refractivity contribution in [3.63, 3.8) is 0 Å². The molecule has 15 heavy (non-hydrogen) atoms. The van der Waals surface area contributed by atoms with E-state index in [1.165, 1.54) is 25.7 Å². The van der Waals surface area contributed by atoms with Crippen LogP contribution in [0.4, 0.5) is 0 Å². The molecule has 0 saturated heterocycles. The topological polar surface area (TPSA) is 29.5 Å². The summed E-state index contributed by atoms with van der Waals surface area (Å²) < 4.78 is 5.16. The van der Waals surface area contributed by atoms with Crippen molar-refractivity contribution in [1.82, 2.24) is 0 Å². The zero-order valence-electron chi connectivity index (χ0n) is 10.8. The van der Waals surface area contributed by atoms with Crippen LogP contribution in [-0.2, 0) is 4.74 Å². The number of hydrogen-bond donors (Lipinski definition) is 1. The van der Waals surface area contributed by atoms with Crippen molar-refractivity contribution in [1.29, 1.82) is 0 Å². The molecule has 0 aliphatic rings. The van der Waals surface area contributed by atoms with Gasteiger partial charge in [-0.25, -0.2) is 0 Å². The normalized spacial score (nSPS) is 17.4. The minimum absolute atomic E-state index is 0.170. The first-order valence-electron chi connectivity index (χ1n) is 6.34. The van der Waals surface area contributed by atoms with Crippen LogP contribution in [0.15, 0.2) is 0 Å². The van der Waals surface area contributed by atoms with Crippen LogP contribution in [0.3, 0.4) is 0 Å². The van der Waals surface area contributed by atoms with E-state index in [9.17, 15) is 5.11 Å². The van der Waals surface area contributed by atoms with Crippen LogP contribution in [0.5, 0.6) is 0 Å². The van der Waals surface area contributed by atoms with E-state index in [1.807, 2.05) is 6.92 Å². The Morgan fingerprint density at radius 2 is 1.87 bits per heavy atom. The standard InChI is InChI=1S/C13H28O2/c1-5-7-8-12(6-2)10-13(14)9-11(3)15-4/h11-14H,5-10H2,1-4H3. The molecule has 0 aromatic carbocycles. The molecule has 0 aliphatic carbocycles. The lowest BCUT2D eigenvalue weighted by Gasteiger charge is -2.20. The largest absolute Gasteiger partial charge is 0.393 e. The number of unbranched alkanes of at least 4 members (excludes halogenated alkanes) is 1. The molecule has 0 aliphatic heterocycles. The van der Waals surface area contributed by atoms with Crippen molar-refractivity contribution in [3.8, 4) is 0 Å². The highest BCUT2D eigenvalue weighted by Gasteiger charge is 2.15. The van der Waals surface area contributed by atoms with E-state index in [2.05, 4.69) is 13.8 Å². The number of aliphatic hydroxyl groups is 1. The van der Waals surface area contributed by atoms with Crippen molar-refractivity contribution in [2.45, 2.75) is 71.5 Å². The lowest BCUT2D eigenvalue weighted by Crippen LogP contribution is -2.20. The van der Waals surface area contributed by atoms with Crippen molar-refractivity contribution in [2.75, 3.05) is 7.11 Å². The van der Waals surface area contributed by atoms with E-state index >= 15 is 0 Å². The molecule has 0 fully saturated rings. The second-order valence-corrected chi connectivity index (χ2v) is 4.59. The van der Waals surface area contributed by atoms with Crippen molar-refractivity contribution in [2.24, 2.45) is 5.92 Å². The van der Waals surface area contributed by atoms with Crippen LogP contribution in [0.2, 0.25) is 0 Å². The maximum atomic E-state index is 9.87. The summed E-state index contributed by atoms with van der Waals surface area (Å²) in [6, 6.07) is 0. The van der Waals surface area contributed by atoms with E-state index in [1.54, 1.807) is 7.11 Å². The van der Waals surface area contributed by atoms with Gasteiger partial charge in [0.25, 0.3) is 0 Å². The first-order valence-corrected chi connectivity index (χ1v) is 6.34. The average molecular weight is 216 g/mol. The average Bonchev–Trinajstić information content (AvgIpc) is 2.23. The fraction of sp³-hybridized carbons (Fsp3) is 1.00. The fourth-order valence-corrected chi connectivity index (χ4v) is 1.94. The molecule has 2 heteroatoms. The molecular weight excluding hydrogens is 188 g/mol. The SMILES string of the molecule is CCCCC(CC)CC(O)CC(C)OC. The van der Waals surface area contributed by atoms with E-state index in [4.69, 9.17) is 4.74 Å². The van der Waals surface area contributed by atoms with Gasteiger partial charge in [-0.3, -0.25) is 0 Å². The van der Waals surface area contributed by atoms with Crippen LogP contribution >= 0.6 is 0 Å². The molecule has 0 heterocycles. The molecule has 0 saturated carbocycles. The Kier molecular flexibility index (Phi) is 9.12. The van der Waals surface area contributed by atoms with Crippen LogP contribution < -0.4 is 0 Å². The summed E-state index contributed by atoms with van der Waals surface area (Å²) in [7, 11) is 1.70. The third-order valence-corrected chi connectivity index (χ3v) is 3.16. The maximum Gasteiger partial charge on any atom is 0.0567 e. The minimum atomic E-state index is -0.193. The lowest BCUT2D eigenvalue weighted by atomic mass is 9.91. The van der Waals surface area contributed by atoms with E-state index in [-0.39, 0.29) is 12.2 Å². The van der Waals surface area contributed by atoms with Crippen molar-refractivity contribution >= 4 is 0 Å². The van der Waals surface area contributed by atoms with Gasteiger partial charge in [-0.15, -0.1) is 0 Å². The summed E-state index contributed by atoms with van der Waals surface area (Å²) in [4.78, 5) is 0. The molecule has 0 rings (SSSR count). The molecule has 3 unspecified atom stereocenters. The molecule has 1 N–H and O–H groups in total. The summed E-state index contributed by atoms with van der Waals surface area (Å²) in [5, 5.41) is 9.87. The summed E-state index contributed by atoms with van der Waals surface area (Å²) in [6.07, 6.45) is 6.64. The van der Waals surface area contributed by atoms with Gasteiger partial charge in [0.05, 0.1) is 12.2 Å². The quantitative estimate of drug-likeness (QED) is 0.640. The monoisotopic (exact) mass is 216 g/mol. The van der Waals surface area contributed by atoms with Gasteiger partial charge in [-0.2, -0.15) is 0 Å². The molecule has 3 atom stereocenters. The van der Waals surface area contributed by atoms with Crippen molar-refractivity contribution < 1.29 is 9.84 Å². The van der Waals surface area contributed by atoms with Crippen LogP contribution in [0, 0.1) is 5.92 Å². The zero-order valence-corrected chi connectivity index (χ0v) is 10.8. The highest BCUT2D eigenvalue weighted by molar-refractivity contribution is 4.67. The van der Waals surface area contributed by atoms with Gasteiger partial charge in [-0.1, -0.05) is 39.5 Å². The Balaban J connectivity index is 3.74. The summed E-state index contributed by atoms with van der Waals surface area (Å²) >= 11 is 0. The molecule has 92 valence electrons. The van der Waals surface area contributed by atoms with Gasteiger partial charge in [-0.05, 0) is 25.7 Å². The number of aliphatic hydroxyl groups excluding tert-OH is 1. The van der Waals surface area contributed by atoms with Gasteiger partial charge >= 0.3 is 0 Å². The van der Waals surface area contributed by atoms with Crippen molar-refractivity contribution in [3.05, 3.63) is 0 Å². The number of rotatable bonds is 9. The Labute approximate surface area is 95.0 Å². The van der Waals surface area contributed by atoms with Crippen LogP contribution in [0.1, 0.15) is 59.3 Å². The molecule has 0 aromatic rings. The maximum absolute atomic E-state index is 9.87.